The lowest BCUT2D eigenvalue weighted by molar-refractivity contribution is -0.166. The topological polar surface area (TPSA) is 32.8 Å². The predicted octanol–water partition coefficient (Wildman–Crippen LogP) is 3.81. The zero-order valence-corrected chi connectivity index (χ0v) is 16.5. The number of nitrogens with zero attached hydrogens (tertiary/aromatic N) is 2. The lowest BCUT2D eigenvalue weighted by Gasteiger charge is -2.42. The van der Waals surface area contributed by atoms with Gasteiger partial charge in [-0.1, -0.05) is 49.6 Å². The summed E-state index contributed by atoms with van der Waals surface area (Å²) in [5, 5.41) is 0. The van der Waals surface area contributed by atoms with Gasteiger partial charge in [0, 0.05) is 13.1 Å². The van der Waals surface area contributed by atoms with E-state index in [-0.39, 0.29) is 12.1 Å². The molecule has 2 heterocycles. The normalized spacial score (nSPS) is 23.6. The Morgan fingerprint density at radius 1 is 0.962 bits per heavy atom. The van der Waals surface area contributed by atoms with Gasteiger partial charge in [0.05, 0.1) is 0 Å². The average Bonchev–Trinajstić information content (AvgIpc) is 2.63. The minimum atomic E-state index is -0.693. The number of hydrogen-bond acceptors (Lipinski definition) is 4. The molecule has 0 saturated carbocycles. The second-order valence-electron chi connectivity index (χ2n) is 8.10. The lowest BCUT2D eigenvalue weighted by Crippen LogP contribution is -2.53. The SMILES string of the molecule is CN1CCC(OC(=O)C(C)(c2ccccc2)N2CCCCCCC2)CC1. The number of hydrogen-bond donors (Lipinski definition) is 0. The molecule has 1 aromatic rings. The first-order chi connectivity index (χ1) is 12.6. The number of ether oxygens (including phenoxy) is 1. The number of carbonyl (C=O) groups is 1. The molecule has 144 valence electrons. The molecule has 26 heavy (non-hydrogen) atoms. The highest BCUT2D eigenvalue weighted by Crippen LogP contribution is 2.33. The van der Waals surface area contributed by atoms with Gasteiger partial charge in [-0.3, -0.25) is 4.90 Å². The number of rotatable bonds is 4. The van der Waals surface area contributed by atoms with E-state index in [9.17, 15) is 4.79 Å². The molecule has 0 spiro atoms. The number of benzene rings is 1. The van der Waals surface area contributed by atoms with Crippen LogP contribution >= 0.6 is 0 Å². The van der Waals surface area contributed by atoms with Crippen LogP contribution in [0.1, 0.15) is 57.4 Å². The highest BCUT2D eigenvalue weighted by atomic mass is 16.5. The minimum Gasteiger partial charge on any atom is -0.461 e. The molecule has 0 radical (unpaired) electrons. The van der Waals surface area contributed by atoms with Crippen LogP contribution in [0.5, 0.6) is 0 Å². The molecule has 4 heteroatoms. The van der Waals surface area contributed by atoms with Gasteiger partial charge in [0.15, 0.2) is 0 Å². The molecule has 1 aromatic carbocycles. The third-order valence-electron chi connectivity index (χ3n) is 6.16. The van der Waals surface area contributed by atoms with Crippen LogP contribution < -0.4 is 0 Å². The molecule has 0 bridgehead atoms. The van der Waals surface area contributed by atoms with Gasteiger partial charge < -0.3 is 9.64 Å². The van der Waals surface area contributed by atoms with Gasteiger partial charge in [0.1, 0.15) is 11.6 Å². The van der Waals surface area contributed by atoms with Gasteiger partial charge in [-0.2, -0.15) is 0 Å². The van der Waals surface area contributed by atoms with E-state index in [1.165, 1.54) is 19.3 Å². The van der Waals surface area contributed by atoms with E-state index < -0.39 is 5.54 Å². The molecule has 3 rings (SSSR count). The number of carbonyl (C=O) groups excluding carboxylic acids is 1. The molecular weight excluding hydrogens is 324 g/mol. The Hall–Kier alpha value is -1.39. The van der Waals surface area contributed by atoms with Crippen molar-refractivity contribution in [2.45, 2.75) is 63.5 Å². The summed E-state index contributed by atoms with van der Waals surface area (Å²) in [6.45, 7) is 6.01. The lowest BCUT2D eigenvalue weighted by atomic mass is 9.88. The Bertz CT molecular complexity index is 561. The molecule has 0 N–H and O–H groups in total. The molecule has 2 fully saturated rings. The molecule has 0 aromatic heterocycles. The molecule has 2 aliphatic heterocycles. The van der Waals surface area contributed by atoms with Gasteiger partial charge in [-0.15, -0.1) is 0 Å². The van der Waals surface area contributed by atoms with E-state index in [4.69, 9.17) is 4.74 Å². The highest BCUT2D eigenvalue weighted by Gasteiger charge is 2.43. The molecule has 2 aliphatic rings. The highest BCUT2D eigenvalue weighted by molar-refractivity contribution is 5.82. The molecule has 2 saturated heterocycles. The fourth-order valence-electron chi connectivity index (χ4n) is 4.26. The molecule has 1 unspecified atom stereocenters. The van der Waals surface area contributed by atoms with Crippen molar-refractivity contribution >= 4 is 5.97 Å². The first-order valence-electron chi connectivity index (χ1n) is 10.3. The van der Waals surface area contributed by atoms with Gasteiger partial charge in [0.25, 0.3) is 0 Å². The second kappa shape index (κ2) is 9.01. The van der Waals surface area contributed by atoms with E-state index in [0.29, 0.717) is 0 Å². The number of esters is 1. The van der Waals surface area contributed by atoms with Crippen molar-refractivity contribution in [2.75, 3.05) is 33.2 Å². The maximum absolute atomic E-state index is 13.4. The van der Waals surface area contributed by atoms with Crippen LogP contribution in [-0.4, -0.2) is 55.1 Å². The van der Waals surface area contributed by atoms with Crippen LogP contribution in [0.3, 0.4) is 0 Å². The Kier molecular flexibility index (Phi) is 6.71. The van der Waals surface area contributed by atoms with Crippen LogP contribution in [0.2, 0.25) is 0 Å². The van der Waals surface area contributed by atoms with Crippen molar-refractivity contribution in [3.05, 3.63) is 35.9 Å². The summed E-state index contributed by atoms with van der Waals surface area (Å²) in [5.41, 5.74) is 0.362. The van der Waals surface area contributed by atoms with Crippen LogP contribution in [0.15, 0.2) is 30.3 Å². The van der Waals surface area contributed by atoms with E-state index in [0.717, 1.165) is 57.4 Å². The summed E-state index contributed by atoms with van der Waals surface area (Å²) in [7, 11) is 2.13. The summed E-state index contributed by atoms with van der Waals surface area (Å²) in [5.74, 6) is -0.0705. The van der Waals surface area contributed by atoms with Crippen molar-refractivity contribution in [3.8, 4) is 0 Å². The molecule has 0 aliphatic carbocycles. The van der Waals surface area contributed by atoms with E-state index in [1.54, 1.807) is 0 Å². The Morgan fingerprint density at radius 2 is 1.54 bits per heavy atom. The smallest absolute Gasteiger partial charge is 0.331 e. The van der Waals surface area contributed by atoms with Crippen molar-refractivity contribution in [2.24, 2.45) is 0 Å². The van der Waals surface area contributed by atoms with Crippen LogP contribution in [0.4, 0.5) is 0 Å². The fraction of sp³-hybridized carbons (Fsp3) is 0.682. The van der Waals surface area contributed by atoms with E-state index in [1.807, 2.05) is 18.2 Å². The summed E-state index contributed by atoms with van der Waals surface area (Å²) in [6.07, 6.45) is 8.07. The Morgan fingerprint density at radius 3 is 2.15 bits per heavy atom. The van der Waals surface area contributed by atoms with E-state index in [2.05, 4.69) is 35.9 Å². The first-order valence-corrected chi connectivity index (χ1v) is 10.3. The first kappa shape index (κ1) is 19.4. The predicted molar refractivity (Wildman–Crippen MR) is 105 cm³/mol. The van der Waals surface area contributed by atoms with Crippen molar-refractivity contribution in [3.63, 3.8) is 0 Å². The Labute approximate surface area is 158 Å². The van der Waals surface area contributed by atoms with Gasteiger partial charge in [0.2, 0.25) is 0 Å². The quantitative estimate of drug-likeness (QED) is 0.767. The van der Waals surface area contributed by atoms with Crippen molar-refractivity contribution < 1.29 is 9.53 Å². The summed E-state index contributed by atoms with van der Waals surface area (Å²) < 4.78 is 6.08. The third kappa shape index (κ3) is 4.47. The van der Waals surface area contributed by atoms with Crippen LogP contribution in [0.25, 0.3) is 0 Å². The van der Waals surface area contributed by atoms with Crippen molar-refractivity contribution in [1.82, 2.24) is 9.80 Å². The number of piperidine rings is 1. The molecular formula is C22H34N2O2. The zero-order valence-electron chi connectivity index (χ0n) is 16.5. The van der Waals surface area contributed by atoms with Crippen LogP contribution in [-0.2, 0) is 15.1 Å². The largest absolute Gasteiger partial charge is 0.461 e. The van der Waals surface area contributed by atoms with Gasteiger partial charge in [-0.05, 0) is 58.3 Å². The molecule has 4 nitrogen and oxygen atoms in total. The minimum absolute atomic E-state index is 0.0523. The summed E-state index contributed by atoms with van der Waals surface area (Å²) in [6, 6.07) is 10.2. The second-order valence-corrected chi connectivity index (χ2v) is 8.10. The Balaban J connectivity index is 1.81. The summed E-state index contributed by atoms with van der Waals surface area (Å²) in [4.78, 5) is 18.1. The standard InChI is InChI=1S/C22H34N2O2/c1-22(19-11-7-6-8-12-19,24-15-9-4-3-5-10-16-24)21(25)26-20-13-17-23(2)18-14-20/h6-8,11-12,20H,3-5,9-10,13-18H2,1-2H3. The van der Waals surface area contributed by atoms with Gasteiger partial charge >= 0.3 is 5.97 Å². The monoisotopic (exact) mass is 358 g/mol. The van der Waals surface area contributed by atoms with E-state index >= 15 is 0 Å². The maximum Gasteiger partial charge on any atom is 0.331 e. The van der Waals surface area contributed by atoms with Gasteiger partial charge in [-0.25, -0.2) is 4.79 Å². The summed E-state index contributed by atoms with van der Waals surface area (Å²) >= 11 is 0. The number of likely N-dealkylation sites (tertiary alicyclic amines) is 2. The maximum atomic E-state index is 13.4. The molecule has 1 atom stereocenters. The van der Waals surface area contributed by atoms with Crippen LogP contribution in [0, 0.1) is 0 Å². The van der Waals surface area contributed by atoms with Crippen molar-refractivity contribution in [1.29, 1.82) is 0 Å². The fourth-order valence-corrected chi connectivity index (χ4v) is 4.26. The zero-order chi connectivity index (χ0) is 18.4. The molecule has 0 amide bonds. The third-order valence-corrected chi connectivity index (χ3v) is 6.16. The average molecular weight is 359 g/mol.